The molecule has 24 heavy (non-hydrogen) atoms. The maximum Gasteiger partial charge on any atom is 0.134 e. The molecule has 0 spiro atoms. The van der Waals surface area contributed by atoms with Crippen molar-refractivity contribution in [1.29, 1.82) is 5.26 Å². The van der Waals surface area contributed by atoms with E-state index < -0.39 is 0 Å². The quantitative estimate of drug-likeness (QED) is 0.671. The third-order valence-corrected chi connectivity index (χ3v) is 4.62. The molecule has 3 nitrogen and oxygen atoms in total. The van der Waals surface area contributed by atoms with Crippen LogP contribution < -0.4 is 0 Å². The number of benzene rings is 2. The van der Waals surface area contributed by atoms with Gasteiger partial charge in [0.1, 0.15) is 16.8 Å². The molecule has 4 heteroatoms. The Kier molecular flexibility index (Phi) is 4.45. The fraction of sp³-hybridized carbons (Fsp3) is 0.100. The van der Waals surface area contributed by atoms with Crippen molar-refractivity contribution in [3.05, 3.63) is 69.5 Å². The molecule has 0 unspecified atom stereocenters. The van der Waals surface area contributed by atoms with Crippen LogP contribution in [0.4, 0.5) is 0 Å². The van der Waals surface area contributed by atoms with Gasteiger partial charge in [0.05, 0.1) is 11.3 Å². The van der Waals surface area contributed by atoms with Crippen LogP contribution in [0.1, 0.15) is 21.7 Å². The van der Waals surface area contributed by atoms with Crippen molar-refractivity contribution in [1.82, 2.24) is 4.98 Å². The first-order valence-corrected chi connectivity index (χ1v) is 8.40. The summed E-state index contributed by atoms with van der Waals surface area (Å²) in [4.78, 5) is 4.59. The third kappa shape index (κ3) is 3.22. The monoisotopic (exact) mass is 332 g/mol. The molecule has 0 aliphatic carbocycles. The lowest BCUT2D eigenvalue weighted by atomic mass is 10.0. The highest BCUT2D eigenvalue weighted by atomic mass is 32.1. The van der Waals surface area contributed by atoms with Gasteiger partial charge in [0.2, 0.25) is 0 Å². The molecule has 1 N–H and O–H groups in total. The molecular weight excluding hydrogens is 316 g/mol. The van der Waals surface area contributed by atoms with E-state index in [1.54, 1.807) is 0 Å². The van der Waals surface area contributed by atoms with Gasteiger partial charge in [0.25, 0.3) is 0 Å². The topological polar surface area (TPSA) is 56.9 Å². The number of allylic oxidation sites excluding steroid dienone is 1. The molecule has 0 amide bonds. The second kappa shape index (κ2) is 6.69. The second-order valence-corrected chi connectivity index (χ2v) is 6.44. The molecule has 0 aliphatic heterocycles. The minimum atomic E-state index is 0.297. The number of aryl methyl sites for hydroxylation is 2. The van der Waals surface area contributed by atoms with Gasteiger partial charge in [0.15, 0.2) is 0 Å². The zero-order valence-electron chi connectivity index (χ0n) is 13.4. The largest absolute Gasteiger partial charge is 0.507 e. The molecule has 2 aromatic carbocycles. The predicted molar refractivity (Wildman–Crippen MR) is 98.6 cm³/mol. The summed E-state index contributed by atoms with van der Waals surface area (Å²) in [5.41, 5.74) is 4.90. The number of aromatic nitrogens is 1. The lowest BCUT2D eigenvalue weighted by Gasteiger charge is -2.05. The molecule has 3 aromatic rings. The molecule has 3 rings (SSSR count). The minimum Gasteiger partial charge on any atom is -0.507 e. The van der Waals surface area contributed by atoms with Crippen LogP contribution in [-0.4, -0.2) is 10.1 Å². The Hall–Kier alpha value is -2.90. The van der Waals surface area contributed by atoms with E-state index in [1.165, 1.54) is 11.3 Å². The summed E-state index contributed by atoms with van der Waals surface area (Å²) in [7, 11) is 0. The summed E-state index contributed by atoms with van der Waals surface area (Å²) in [6.07, 6.45) is 1.81. The van der Waals surface area contributed by atoms with E-state index in [-0.39, 0.29) is 0 Å². The fourth-order valence-corrected chi connectivity index (χ4v) is 3.31. The van der Waals surface area contributed by atoms with Crippen molar-refractivity contribution >= 4 is 23.0 Å². The Morgan fingerprint density at radius 1 is 1.17 bits per heavy atom. The number of thiazole rings is 1. The van der Waals surface area contributed by atoms with Gasteiger partial charge in [-0.2, -0.15) is 5.26 Å². The van der Waals surface area contributed by atoms with E-state index in [1.807, 2.05) is 67.8 Å². The molecule has 1 heterocycles. The highest BCUT2D eigenvalue weighted by Crippen LogP contribution is 2.29. The smallest absolute Gasteiger partial charge is 0.134 e. The van der Waals surface area contributed by atoms with Crippen molar-refractivity contribution in [3.8, 4) is 23.1 Å². The summed E-state index contributed by atoms with van der Waals surface area (Å²) in [5.74, 6) is 0.297. The molecule has 0 radical (unpaired) electrons. The zero-order valence-corrected chi connectivity index (χ0v) is 14.3. The number of aromatic hydroxyl groups is 1. The van der Waals surface area contributed by atoms with Crippen molar-refractivity contribution in [2.45, 2.75) is 13.8 Å². The van der Waals surface area contributed by atoms with Gasteiger partial charge in [-0.1, -0.05) is 30.3 Å². The third-order valence-electron chi connectivity index (χ3n) is 3.75. The Balaban J connectivity index is 1.98. The van der Waals surface area contributed by atoms with Crippen LogP contribution in [0.5, 0.6) is 5.75 Å². The first-order chi connectivity index (χ1) is 11.6. The summed E-state index contributed by atoms with van der Waals surface area (Å²) in [6, 6.07) is 15.9. The van der Waals surface area contributed by atoms with E-state index in [0.717, 1.165) is 27.9 Å². The summed E-state index contributed by atoms with van der Waals surface area (Å²) in [6.45, 7) is 3.70. The maximum absolute atomic E-state index is 9.87. The number of phenols is 1. The van der Waals surface area contributed by atoms with Gasteiger partial charge in [0, 0.05) is 10.9 Å². The van der Waals surface area contributed by atoms with Crippen molar-refractivity contribution in [2.24, 2.45) is 0 Å². The van der Waals surface area contributed by atoms with Crippen LogP contribution >= 0.6 is 11.3 Å². The van der Waals surface area contributed by atoms with E-state index in [4.69, 9.17) is 0 Å². The van der Waals surface area contributed by atoms with Gasteiger partial charge in [-0.25, -0.2) is 4.98 Å². The highest BCUT2D eigenvalue weighted by Gasteiger charge is 2.10. The van der Waals surface area contributed by atoms with Gasteiger partial charge in [-0.15, -0.1) is 11.3 Å². The number of rotatable bonds is 3. The molecule has 118 valence electrons. The second-order valence-electron chi connectivity index (χ2n) is 5.58. The average Bonchev–Trinajstić information content (AvgIpc) is 3.08. The summed E-state index contributed by atoms with van der Waals surface area (Å²) < 4.78 is 0. The van der Waals surface area contributed by atoms with Gasteiger partial charge in [-0.3, -0.25) is 0 Å². The number of phenolic OH excluding ortho intramolecular Hbond substituents is 1. The van der Waals surface area contributed by atoms with Crippen molar-refractivity contribution < 1.29 is 5.11 Å². The predicted octanol–water partition coefficient (Wildman–Crippen LogP) is 5.20. The van der Waals surface area contributed by atoms with Gasteiger partial charge < -0.3 is 5.11 Å². The van der Waals surface area contributed by atoms with Crippen LogP contribution in [-0.2, 0) is 0 Å². The molecule has 0 atom stereocenters. The molecule has 0 saturated carbocycles. The lowest BCUT2D eigenvalue weighted by molar-refractivity contribution is 0.467. The van der Waals surface area contributed by atoms with Gasteiger partial charge >= 0.3 is 0 Å². The minimum absolute atomic E-state index is 0.297. The maximum atomic E-state index is 9.87. The van der Waals surface area contributed by atoms with Crippen molar-refractivity contribution in [3.63, 3.8) is 0 Å². The standard InChI is InChI=1S/C20H16N2OS/c1-13-8-15(9-14(2)19(13)23)10-17(11-21)20-22-18(12-24-20)16-6-4-3-5-7-16/h3-10,12,23H,1-2H3/b17-10+. The van der Waals surface area contributed by atoms with Crippen LogP contribution in [0.2, 0.25) is 0 Å². The first kappa shape index (κ1) is 16.0. The van der Waals surface area contributed by atoms with E-state index in [9.17, 15) is 10.4 Å². The number of nitrogens with zero attached hydrogens (tertiary/aromatic N) is 2. The Morgan fingerprint density at radius 2 is 1.83 bits per heavy atom. The van der Waals surface area contributed by atoms with E-state index in [2.05, 4.69) is 11.1 Å². The SMILES string of the molecule is Cc1cc(/C=C(\C#N)c2nc(-c3ccccc3)cs2)cc(C)c1O. The van der Waals surface area contributed by atoms with E-state index in [0.29, 0.717) is 16.3 Å². The van der Waals surface area contributed by atoms with Crippen LogP contribution in [0.3, 0.4) is 0 Å². The highest BCUT2D eigenvalue weighted by molar-refractivity contribution is 7.11. The molecule has 0 saturated heterocycles. The summed E-state index contributed by atoms with van der Waals surface area (Å²) in [5, 5.41) is 22.0. The van der Waals surface area contributed by atoms with Crippen molar-refractivity contribution in [2.75, 3.05) is 0 Å². The molecule has 0 aliphatic rings. The van der Waals surface area contributed by atoms with Crippen LogP contribution in [0.15, 0.2) is 47.8 Å². The number of hydrogen-bond acceptors (Lipinski definition) is 4. The Morgan fingerprint density at radius 3 is 2.46 bits per heavy atom. The molecule has 1 aromatic heterocycles. The summed E-state index contributed by atoms with van der Waals surface area (Å²) >= 11 is 1.46. The Labute approximate surface area is 145 Å². The lowest BCUT2D eigenvalue weighted by Crippen LogP contribution is -1.86. The first-order valence-electron chi connectivity index (χ1n) is 7.52. The fourth-order valence-electron chi connectivity index (χ4n) is 2.52. The Bertz CT molecular complexity index is 926. The van der Waals surface area contributed by atoms with Crippen LogP contribution in [0.25, 0.3) is 22.9 Å². The average molecular weight is 332 g/mol. The van der Waals surface area contributed by atoms with Crippen LogP contribution in [0, 0.1) is 25.2 Å². The molecule has 0 fully saturated rings. The molecule has 0 bridgehead atoms. The molecular formula is C20H16N2OS. The normalized spacial score (nSPS) is 11.3. The number of nitriles is 1. The zero-order chi connectivity index (χ0) is 17.1. The van der Waals surface area contributed by atoms with Gasteiger partial charge in [-0.05, 0) is 48.7 Å². The van der Waals surface area contributed by atoms with E-state index >= 15 is 0 Å². The number of hydrogen-bond donors (Lipinski definition) is 1.